The van der Waals surface area contributed by atoms with Crippen molar-refractivity contribution in [3.63, 3.8) is 0 Å². The van der Waals surface area contributed by atoms with Gasteiger partial charge in [0.1, 0.15) is 6.10 Å². The maximum atomic E-state index is 13.1. The highest BCUT2D eigenvalue weighted by Crippen LogP contribution is 2.35. The van der Waals surface area contributed by atoms with Crippen LogP contribution >= 0.6 is 11.3 Å². The SMILES string of the molecule is CCc1ccc(N(C(=O)C2CCCO2)c2nc3ccccc3s2)cc1. The topological polar surface area (TPSA) is 42.4 Å². The van der Waals surface area contributed by atoms with Crippen molar-refractivity contribution in [1.29, 1.82) is 0 Å². The highest BCUT2D eigenvalue weighted by molar-refractivity contribution is 7.22. The number of anilines is 2. The number of carbonyl (C=O) groups excluding carboxylic acids is 1. The number of carbonyl (C=O) groups is 1. The van der Waals surface area contributed by atoms with Gasteiger partial charge in [0.15, 0.2) is 5.13 Å². The van der Waals surface area contributed by atoms with Crippen molar-refractivity contribution in [1.82, 2.24) is 4.98 Å². The Morgan fingerprint density at radius 2 is 2.04 bits per heavy atom. The van der Waals surface area contributed by atoms with Crippen LogP contribution < -0.4 is 4.90 Å². The molecule has 5 heteroatoms. The standard InChI is InChI=1S/C20H20N2O2S/c1-2-14-9-11-15(12-10-14)22(19(23)17-7-5-13-24-17)20-21-16-6-3-4-8-18(16)25-20/h3-4,6,8-12,17H,2,5,7,13H2,1H3. The second kappa shape index (κ2) is 6.94. The molecule has 4 rings (SSSR count). The molecule has 1 aliphatic heterocycles. The van der Waals surface area contributed by atoms with Gasteiger partial charge in [-0.1, -0.05) is 42.5 Å². The Bertz CT molecular complexity index is 849. The van der Waals surface area contributed by atoms with E-state index in [0.29, 0.717) is 11.7 Å². The number of rotatable bonds is 4. The molecule has 1 amide bonds. The third-order valence-corrected chi connectivity index (χ3v) is 5.52. The highest BCUT2D eigenvalue weighted by Gasteiger charge is 2.31. The van der Waals surface area contributed by atoms with Gasteiger partial charge in [0.2, 0.25) is 0 Å². The molecule has 1 fully saturated rings. The van der Waals surface area contributed by atoms with Crippen molar-refractivity contribution in [2.24, 2.45) is 0 Å². The normalized spacial score (nSPS) is 17.1. The Kier molecular flexibility index (Phi) is 4.51. The molecule has 1 unspecified atom stereocenters. The largest absolute Gasteiger partial charge is 0.368 e. The van der Waals surface area contributed by atoms with Crippen molar-refractivity contribution in [2.45, 2.75) is 32.3 Å². The molecule has 128 valence electrons. The summed E-state index contributed by atoms with van der Waals surface area (Å²) < 4.78 is 6.72. The quantitative estimate of drug-likeness (QED) is 0.683. The van der Waals surface area contributed by atoms with E-state index in [9.17, 15) is 4.79 Å². The second-order valence-corrected chi connectivity index (χ2v) is 7.17. The lowest BCUT2D eigenvalue weighted by atomic mass is 10.1. The molecule has 0 spiro atoms. The predicted molar refractivity (Wildman–Crippen MR) is 102 cm³/mol. The first kappa shape index (κ1) is 16.2. The summed E-state index contributed by atoms with van der Waals surface area (Å²) in [7, 11) is 0. The molecule has 0 bridgehead atoms. The van der Waals surface area contributed by atoms with Crippen molar-refractivity contribution in [2.75, 3.05) is 11.5 Å². The summed E-state index contributed by atoms with van der Waals surface area (Å²) in [5.74, 6) is -0.0270. The zero-order valence-corrected chi connectivity index (χ0v) is 15.0. The van der Waals surface area contributed by atoms with Crippen LogP contribution in [0.15, 0.2) is 48.5 Å². The van der Waals surface area contributed by atoms with E-state index in [1.807, 2.05) is 36.4 Å². The molecular formula is C20H20N2O2S. The maximum absolute atomic E-state index is 13.1. The number of aryl methyl sites for hydroxylation is 1. The summed E-state index contributed by atoms with van der Waals surface area (Å²) in [6, 6.07) is 16.1. The van der Waals surface area contributed by atoms with E-state index in [4.69, 9.17) is 9.72 Å². The fourth-order valence-electron chi connectivity index (χ4n) is 3.08. The van der Waals surface area contributed by atoms with Crippen molar-refractivity contribution >= 4 is 38.3 Å². The Balaban J connectivity index is 1.77. The fraction of sp³-hybridized carbons (Fsp3) is 0.300. The zero-order valence-electron chi connectivity index (χ0n) is 14.1. The third kappa shape index (κ3) is 3.17. The summed E-state index contributed by atoms with van der Waals surface area (Å²) in [6.07, 6.45) is 2.30. The van der Waals surface area contributed by atoms with E-state index in [0.717, 1.165) is 35.2 Å². The Labute approximate surface area is 151 Å². The number of ether oxygens (including phenoxy) is 1. The van der Waals surface area contributed by atoms with Crippen LogP contribution in [-0.4, -0.2) is 23.6 Å². The van der Waals surface area contributed by atoms with Gasteiger partial charge in [0, 0.05) is 6.61 Å². The van der Waals surface area contributed by atoms with Crippen LogP contribution in [0, 0.1) is 0 Å². The minimum Gasteiger partial charge on any atom is -0.368 e. The monoisotopic (exact) mass is 352 g/mol. The van der Waals surface area contributed by atoms with Gasteiger partial charge in [0.05, 0.1) is 15.9 Å². The molecule has 4 nitrogen and oxygen atoms in total. The molecule has 1 atom stereocenters. The average molecular weight is 352 g/mol. The number of hydrogen-bond acceptors (Lipinski definition) is 4. The van der Waals surface area contributed by atoms with Crippen LogP contribution in [0.5, 0.6) is 0 Å². The number of amides is 1. The number of benzene rings is 2. The maximum Gasteiger partial charge on any atom is 0.262 e. The average Bonchev–Trinajstić information content (AvgIpc) is 3.32. The van der Waals surface area contributed by atoms with Crippen molar-refractivity contribution in [3.05, 3.63) is 54.1 Å². The molecular weight excluding hydrogens is 332 g/mol. The van der Waals surface area contributed by atoms with E-state index in [1.54, 1.807) is 4.90 Å². The minimum atomic E-state index is -0.377. The summed E-state index contributed by atoms with van der Waals surface area (Å²) in [5, 5.41) is 0.700. The molecule has 0 N–H and O–H groups in total. The molecule has 3 aromatic rings. The van der Waals surface area contributed by atoms with Gasteiger partial charge in [0.25, 0.3) is 5.91 Å². The van der Waals surface area contributed by atoms with Crippen molar-refractivity contribution < 1.29 is 9.53 Å². The van der Waals surface area contributed by atoms with Crippen LogP contribution in [0.2, 0.25) is 0 Å². The van der Waals surface area contributed by atoms with E-state index in [-0.39, 0.29) is 12.0 Å². The summed E-state index contributed by atoms with van der Waals surface area (Å²) >= 11 is 1.54. The lowest BCUT2D eigenvalue weighted by Gasteiger charge is -2.23. The predicted octanol–water partition coefficient (Wildman–Crippen LogP) is 4.70. The summed E-state index contributed by atoms with van der Waals surface area (Å²) in [6.45, 7) is 2.77. The van der Waals surface area contributed by atoms with Crippen LogP contribution in [0.1, 0.15) is 25.3 Å². The van der Waals surface area contributed by atoms with Crippen LogP contribution in [0.4, 0.5) is 10.8 Å². The first-order chi connectivity index (χ1) is 12.3. The van der Waals surface area contributed by atoms with E-state index >= 15 is 0 Å². The smallest absolute Gasteiger partial charge is 0.262 e. The molecule has 1 aromatic heterocycles. The number of hydrogen-bond donors (Lipinski definition) is 0. The number of para-hydroxylation sites is 1. The van der Waals surface area contributed by atoms with E-state index in [1.165, 1.54) is 16.9 Å². The summed E-state index contributed by atoms with van der Waals surface area (Å²) in [5.41, 5.74) is 3.01. The molecule has 0 radical (unpaired) electrons. The van der Waals surface area contributed by atoms with Crippen LogP contribution in [0.25, 0.3) is 10.2 Å². The molecule has 2 aromatic carbocycles. The minimum absolute atomic E-state index is 0.0270. The molecule has 25 heavy (non-hydrogen) atoms. The van der Waals surface area contributed by atoms with E-state index in [2.05, 4.69) is 19.1 Å². The zero-order chi connectivity index (χ0) is 17.2. The van der Waals surface area contributed by atoms with Crippen LogP contribution in [0.3, 0.4) is 0 Å². The van der Waals surface area contributed by atoms with Gasteiger partial charge in [-0.2, -0.15) is 0 Å². The van der Waals surface area contributed by atoms with Crippen molar-refractivity contribution in [3.8, 4) is 0 Å². The summed E-state index contributed by atoms with van der Waals surface area (Å²) in [4.78, 5) is 19.6. The first-order valence-electron chi connectivity index (χ1n) is 8.66. The molecule has 0 aliphatic carbocycles. The van der Waals surface area contributed by atoms with Gasteiger partial charge >= 0.3 is 0 Å². The molecule has 1 aliphatic rings. The second-order valence-electron chi connectivity index (χ2n) is 6.16. The van der Waals surface area contributed by atoms with Gasteiger partial charge in [-0.25, -0.2) is 4.98 Å². The van der Waals surface area contributed by atoms with Gasteiger partial charge < -0.3 is 4.74 Å². The first-order valence-corrected chi connectivity index (χ1v) is 9.48. The Hall–Kier alpha value is -2.24. The molecule has 0 saturated carbocycles. The van der Waals surface area contributed by atoms with Gasteiger partial charge in [-0.05, 0) is 49.1 Å². The lowest BCUT2D eigenvalue weighted by molar-refractivity contribution is -0.126. The Morgan fingerprint density at radius 1 is 1.24 bits per heavy atom. The highest BCUT2D eigenvalue weighted by atomic mass is 32.1. The third-order valence-electron chi connectivity index (χ3n) is 4.50. The number of nitrogens with zero attached hydrogens (tertiary/aromatic N) is 2. The van der Waals surface area contributed by atoms with E-state index < -0.39 is 0 Å². The van der Waals surface area contributed by atoms with Gasteiger partial charge in [-0.3, -0.25) is 9.69 Å². The number of fused-ring (bicyclic) bond motifs is 1. The van der Waals surface area contributed by atoms with Gasteiger partial charge in [-0.15, -0.1) is 0 Å². The molecule has 2 heterocycles. The Morgan fingerprint density at radius 3 is 2.72 bits per heavy atom. The fourth-order valence-corrected chi connectivity index (χ4v) is 4.08. The van der Waals surface area contributed by atoms with Crippen LogP contribution in [-0.2, 0) is 16.0 Å². The number of aromatic nitrogens is 1. The lowest BCUT2D eigenvalue weighted by Crippen LogP contribution is -2.35. The molecule has 1 saturated heterocycles. The number of thiazole rings is 1.